The highest BCUT2D eigenvalue weighted by atomic mass is 16.5. The summed E-state index contributed by atoms with van der Waals surface area (Å²) in [6, 6.07) is 8.86. The summed E-state index contributed by atoms with van der Waals surface area (Å²) in [4.78, 5) is 7.41. The minimum atomic E-state index is 0.371. The standard InChI is InChI=1S/C23H37N7O/c1-5-21-28-27-17-30(21)15-13-25-23(24-6-2)26-16-19-8-7-14-29(3)22(19)18-9-11-20(31-4)12-10-18/h9-12,17,19,22H,5-8,13-16H2,1-4H3,(H2,24,25,26). The number of guanidine groups is 1. The van der Waals surface area contributed by atoms with Crippen LogP contribution in [0.15, 0.2) is 35.6 Å². The van der Waals surface area contributed by atoms with Crippen molar-refractivity contribution in [3.63, 3.8) is 0 Å². The Hall–Kier alpha value is -2.61. The number of aryl methyl sites for hydroxylation is 1. The van der Waals surface area contributed by atoms with Crippen molar-refractivity contribution >= 4 is 5.96 Å². The van der Waals surface area contributed by atoms with Crippen molar-refractivity contribution in [2.45, 2.75) is 45.7 Å². The summed E-state index contributed by atoms with van der Waals surface area (Å²) in [5.41, 5.74) is 1.33. The molecule has 1 aliphatic heterocycles. The number of hydrogen-bond acceptors (Lipinski definition) is 5. The van der Waals surface area contributed by atoms with E-state index in [4.69, 9.17) is 9.73 Å². The van der Waals surface area contributed by atoms with Crippen molar-refractivity contribution in [1.29, 1.82) is 0 Å². The van der Waals surface area contributed by atoms with Crippen LogP contribution in [0.3, 0.4) is 0 Å². The Labute approximate surface area is 186 Å². The second-order valence-corrected chi connectivity index (χ2v) is 8.04. The zero-order chi connectivity index (χ0) is 22.1. The molecule has 1 aliphatic rings. The van der Waals surface area contributed by atoms with Crippen molar-refractivity contribution < 1.29 is 4.74 Å². The first-order valence-corrected chi connectivity index (χ1v) is 11.4. The van der Waals surface area contributed by atoms with Gasteiger partial charge in [0.15, 0.2) is 5.96 Å². The smallest absolute Gasteiger partial charge is 0.191 e. The Kier molecular flexibility index (Phi) is 8.70. The Balaban J connectivity index is 1.64. The van der Waals surface area contributed by atoms with Crippen LogP contribution in [0.4, 0.5) is 0 Å². The van der Waals surface area contributed by atoms with Crippen LogP contribution >= 0.6 is 0 Å². The lowest BCUT2D eigenvalue weighted by Gasteiger charge is -2.39. The minimum absolute atomic E-state index is 0.371. The molecule has 2 heterocycles. The van der Waals surface area contributed by atoms with Crippen LogP contribution in [0.1, 0.15) is 44.1 Å². The molecule has 2 aromatic rings. The van der Waals surface area contributed by atoms with Gasteiger partial charge in [-0.25, -0.2) is 0 Å². The van der Waals surface area contributed by atoms with Crippen LogP contribution in [0, 0.1) is 5.92 Å². The van der Waals surface area contributed by atoms with E-state index in [1.807, 2.05) is 0 Å². The van der Waals surface area contributed by atoms with Crippen LogP contribution in [0.5, 0.6) is 5.75 Å². The average Bonchev–Trinajstić information content (AvgIpc) is 3.25. The van der Waals surface area contributed by atoms with Gasteiger partial charge < -0.3 is 19.9 Å². The van der Waals surface area contributed by atoms with Crippen molar-refractivity contribution in [1.82, 2.24) is 30.3 Å². The number of benzene rings is 1. The number of hydrogen-bond donors (Lipinski definition) is 2. The van der Waals surface area contributed by atoms with Gasteiger partial charge in [0.1, 0.15) is 17.9 Å². The molecule has 0 radical (unpaired) electrons. The van der Waals surface area contributed by atoms with E-state index in [9.17, 15) is 0 Å². The lowest BCUT2D eigenvalue weighted by molar-refractivity contribution is 0.125. The molecule has 2 unspecified atom stereocenters. The summed E-state index contributed by atoms with van der Waals surface area (Å²) < 4.78 is 7.42. The first-order chi connectivity index (χ1) is 15.2. The van der Waals surface area contributed by atoms with Gasteiger partial charge in [-0.05, 0) is 57.0 Å². The second kappa shape index (κ2) is 11.7. The summed E-state index contributed by atoms with van der Waals surface area (Å²) in [7, 11) is 3.93. The van der Waals surface area contributed by atoms with E-state index in [1.54, 1.807) is 13.4 Å². The maximum absolute atomic E-state index is 5.33. The molecule has 1 saturated heterocycles. The molecule has 170 valence electrons. The van der Waals surface area contributed by atoms with Crippen LogP contribution in [-0.2, 0) is 13.0 Å². The predicted molar refractivity (Wildman–Crippen MR) is 124 cm³/mol. The Morgan fingerprint density at radius 2 is 2.03 bits per heavy atom. The van der Waals surface area contributed by atoms with E-state index in [1.165, 1.54) is 18.4 Å². The van der Waals surface area contributed by atoms with Crippen LogP contribution in [-0.4, -0.2) is 66.0 Å². The fourth-order valence-corrected chi connectivity index (χ4v) is 4.36. The third-order valence-corrected chi connectivity index (χ3v) is 5.95. The molecule has 3 rings (SSSR count). The lowest BCUT2D eigenvalue weighted by atomic mass is 9.85. The lowest BCUT2D eigenvalue weighted by Crippen LogP contribution is -2.41. The first-order valence-electron chi connectivity index (χ1n) is 11.4. The fourth-order valence-electron chi connectivity index (χ4n) is 4.36. The van der Waals surface area contributed by atoms with E-state index >= 15 is 0 Å². The van der Waals surface area contributed by atoms with Crippen LogP contribution < -0.4 is 15.4 Å². The highest BCUT2D eigenvalue weighted by Gasteiger charge is 2.30. The van der Waals surface area contributed by atoms with Gasteiger partial charge in [0.05, 0.1) is 7.11 Å². The molecule has 1 fully saturated rings. The number of methoxy groups -OCH3 is 1. The molecule has 0 spiro atoms. The second-order valence-electron chi connectivity index (χ2n) is 8.04. The molecule has 31 heavy (non-hydrogen) atoms. The normalized spacial score (nSPS) is 19.9. The van der Waals surface area contributed by atoms with E-state index in [0.717, 1.165) is 56.7 Å². The number of nitrogens with zero attached hydrogens (tertiary/aromatic N) is 5. The summed E-state index contributed by atoms with van der Waals surface area (Å²) in [6.07, 6.45) is 5.07. The first kappa shape index (κ1) is 23.1. The molecule has 0 saturated carbocycles. The Morgan fingerprint density at radius 3 is 2.74 bits per heavy atom. The largest absolute Gasteiger partial charge is 0.497 e. The van der Waals surface area contributed by atoms with E-state index in [0.29, 0.717) is 12.0 Å². The quantitative estimate of drug-likeness (QED) is 0.473. The summed E-state index contributed by atoms with van der Waals surface area (Å²) in [5, 5.41) is 15.0. The highest BCUT2D eigenvalue weighted by Crippen LogP contribution is 2.35. The number of likely N-dealkylation sites (tertiary alicyclic amines) is 1. The molecule has 0 aliphatic carbocycles. The molecule has 2 atom stereocenters. The van der Waals surface area contributed by atoms with Gasteiger partial charge in [-0.2, -0.15) is 0 Å². The molecule has 8 heteroatoms. The number of aliphatic imine (C=N–C) groups is 1. The SMILES string of the molecule is CCNC(=NCC1CCCN(C)C1c1ccc(OC)cc1)NCCn1cnnc1CC. The van der Waals surface area contributed by atoms with E-state index in [2.05, 4.69) is 75.5 Å². The van der Waals surface area contributed by atoms with E-state index in [-0.39, 0.29) is 0 Å². The number of rotatable bonds is 9. The molecular formula is C23H37N7O. The van der Waals surface area contributed by atoms with Gasteiger partial charge in [0.2, 0.25) is 0 Å². The van der Waals surface area contributed by atoms with Crippen molar-refractivity contribution in [3.8, 4) is 5.75 Å². The van der Waals surface area contributed by atoms with Crippen LogP contribution in [0.25, 0.3) is 0 Å². The Morgan fingerprint density at radius 1 is 1.23 bits per heavy atom. The number of ether oxygens (including phenoxy) is 1. The minimum Gasteiger partial charge on any atom is -0.497 e. The maximum atomic E-state index is 5.33. The van der Waals surface area contributed by atoms with Gasteiger partial charge in [-0.15, -0.1) is 10.2 Å². The fraction of sp³-hybridized carbons (Fsp3) is 0.609. The molecule has 0 bridgehead atoms. The predicted octanol–water partition coefficient (Wildman–Crippen LogP) is 2.49. The molecule has 0 amide bonds. The van der Waals surface area contributed by atoms with Crippen LogP contribution in [0.2, 0.25) is 0 Å². The number of nitrogens with one attached hydrogen (secondary N) is 2. The summed E-state index contributed by atoms with van der Waals surface area (Å²) >= 11 is 0. The van der Waals surface area contributed by atoms with Gasteiger partial charge >= 0.3 is 0 Å². The summed E-state index contributed by atoms with van der Waals surface area (Å²) in [6.45, 7) is 8.55. The van der Waals surface area contributed by atoms with Crippen molar-refractivity contribution in [2.24, 2.45) is 10.9 Å². The summed E-state index contributed by atoms with van der Waals surface area (Å²) in [5.74, 6) is 3.26. The van der Waals surface area contributed by atoms with Gasteiger partial charge in [0, 0.05) is 38.6 Å². The Bertz CT molecular complexity index is 818. The molecule has 2 N–H and O–H groups in total. The topological polar surface area (TPSA) is 79.6 Å². The number of aromatic nitrogens is 3. The number of piperidine rings is 1. The van der Waals surface area contributed by atoms with Crippen molar-refractivity contribution in [2.75, 3.05) is 40.3 Å². The van der Waals surface area contributed by atoms with Gasteiger partial charge in [0.25, 0.3) is 0 Å². The monoisotopic (exact) mass is 427 g/mol. The molecule has 1 aromatic carbocycles. The third-order valence-electron chi connectivity index (χ3n) is 5.95. The zero-order valence-corrected chi connectivity index (χ0v) is 19.3. The van der Waals surface area contributed by atoms with Crippen molar-refractivity contribution in [3.05, 3.63) is 42.0 Å². The third kappa shape index (κ3) is 6.19. The average molecular weight is 428 g/mol. The molecular weight excluding hydrogens is 390 g/mol. The van der Waals surface area contributed by atoms with E-state index < -0.39 is 0 Å². The zero-order valence-electron chi connectivity index (χ0n) is 19.3. The highest BCUT2D eigenvalue weighted by molar-refractivity contribution is 5.79. The van der Waals surface area contributed by atoms with Gasteiger partial charge in [-0.3, -0.25) is 9.89 Å². The van der Waals surface area contributed by atoms with Gasteiger partial charge in [-0.1, -0.05) is 19.1 Å². The molecule has 8 nitrogen and oxygen atoms in total. The maximum Gasteiger partial charge on any atom is 0.191 e. The molecule has 1 aromatic heterocycles.